The van der Waals surface area contributed by atoms with Crippen LogP contribution in [-0.2, 0) is 4.74 Å². The van der Waals surface area contributed by atoms with Crippen LogP contribution in [-0.4, -0.2) is 31.1 Å². The summed E-state index contributed by atoms with van der Waals surface area (Å²) < 4.78 is 10.0. The molecule has 0 atom stereocenters. The Balaban J connectivity index is 1.71. The second kappa shape index (κ2) is 8.88. The first-order chi connectivity index (χ1) is 14.0. The molecule has 148 valence electrons. The van der Waals surface area contributed by atoms with E-state index in [1.807, 2.05) is 25.1 Å². The number of nitrogens with one attached hydrogen (secondary N) is 2. The van der Waals surface area contributed by atoms with E-state index in [2.05, 4.69) is 15.6 Å². The number of nitrogens with zero attached hydrogens (tertiary/aromatic N) is 1. The molecule has 3 rings (SSSR count). The van der Waals surface area contributed by atoms with Crippen LogP contribution in [0.5, 0.6) is 5.75 Å². The molecule has 1 aromatic heterocycles. The summed E-state index contributed by atoms with van der Waals surface area (Å²) in [5.74, 6) is -0.175. The van der Waals surface area contributed by atoms with E-state index in [0.717, 1.165) is 5.56 Å². The predicted molar refractivity (Wildman–Crippen MR) is 111 cm³/mol. The van der Waals surface area contributed by atoms with Crippen molar-refractivity contribution in [3.63, 3.8) is 0 Å². The van der Waals surface area contributed by atoms with Crippen LogP contribution < -0.4 is 15.4 Å². The van der Waals surface area contributed by atoms with Crippen molar-refractivity contribution in [3.05, 3.63) is 77.6 Å². The third-order valence-corrected chi connectivity index (χ3v) is 4.17. The third kappa shape index (κ3) is 4.90. The molecule has 0 spiro atoms. The molecule has 0 unspecified atom stereocenters. The fourth-order valence-corrected chi connectivity index (χ4v) is 2.72. The number of ether oxygens (including phenoxy) is 2. The molecule has 0 bridgehead atoms. The van der Waals surface area contributed by atoms with E-state index in [4.69, 9.17) is 9.47 Å². The molecular formula is C22H21N3O4. The number of rotatable bonds is 6. The predicted octanol–water partition coefficient (Wildman–Crippen LogP) is 4.18. The van der Waals surface area contributed by atoms with Gasteiger partial charge in [-0.05, 0) is 55.0 Å². The van der Waals surface area contributed by atoms with Gasteiger partial charge in [-0.2, -0.15) is 0 Å². The average molecular weight is 391 g/mol. The Hall–Kier alpha value is -3.87. The summed E-state index contributed by atoms with van der Waals surface area (Å²) in [4.78, 5) is 28.4. The minimum absolute atomic E-state index is 0.266. The van der Waals surface area contributed by atoms with E-state index < -0.39 is 5.97 Å². The molecular weight excluding hydrogens is 370 g/mol. The summed E-state index contributed by atoms with van der Waals surface area (Å²) >= 11 is 0. The van der Waals surface area contributed by atoms with E-state index in [1.54, 1.807) is 49.7 Å². The maximum atomic E-state index is 12.5. The van der Waals surface area contributed by atoms with Gasteiger partial charge in [-0.3, -0.25) is 4.79 Å². The van der Waals surface area contributed by atoms with Crippen molar-refractivity contribution in [1.82, 2.24) is 4.98 Å². The number of hydrogen-bond acceptors (Lipinski definition) is 6. The second-order valence-corrected chi connectivity index (χ2v) is 6.29. The Morgan fingerprint density at radius 3 is 2.48 bits per heavy atom. The van der Waals surface area contributed by atoms with Crippen LogP contribution in [0.1, 0.15) is 26.4 Å². The molecule has 0 aliphatic heterocycles. The first kappa shape index (κ1) is 19.9. The SMILES string of the molecule is COC(=O)c1cccc(Nc2ccc(C(=O)Nc3cc(C)ccc3OC)nc2)c1. The second-order valence-electron chi connectivity index (χ2n) is 6.29. The highest BCUT2D eigenvalue weighted by molar-refractivity contribution is 6.03. The van der Waals surface area contributed by atoms with Gasteiger partial charge in [0.15, 0.2) is 0 Å². The molecule has 2 N–H and O–H groups in total. The zero-order valence-corrected chi connectivity index (χ0v) is 16.4. The van der Waals surface area contributed by atoms with Gasteiger partial charge in [-0.15, -0.1) is 0 Å². The molecule has 2 aromatic carbocycles. The highest BCUT2D eigenvalue weighted by Crippen LogP contribution is 2.26. The molecule has 0 aliphatic rings. The van der Waals surface area contributed by atoms with Crippen molar-refractivity contribution >= 4 is 28.9 Å². The monoisotopic (exact) mass is 391 g/mol. The molecule has 1 amide bonds. The molecule has 1 heterocycles. The minimum atomic E-state index is -0.412. The van der Waals surface area contributed by atoms with Gasteiger partial charge in [0, 0.05) is 5.69 Å². The molecule has 0 saturated carbocycles. The number of pyridine rings is 1. The Morgan fingerprint density at radius 2 is 1.79 bits per heavy atom. The van der Waals surface area contributed by atoms with E-state index in [-0.39, 0.29) is 11.6 Å². The fraction of sp³-hybridized carbons (Fsp3) is 0.136. The smallest absolute Gasteiger partial charge is 0.337 e. The highest BCUT2D eigenvalue weighted by atomic mass is 16.5. The van der Waals surface area contributed by atoms with Gasteiger partial charge in [0.25, 0.3) is 5.91 Å². The molecule has 0 aliphatic carbocycles. The zero-order chi connectivity index (χ0) is 20.8. The molecule has 7 nitrogen and oxygen atoms in total. The Kier molecular flexibility index (Phi) is 6.09. The van der Waals surface area contributed by atoms with Crippen LogP contribution in [0, 0.1) is 6.92 Å². The van der Waals surface area contributed by atoms with E-state index in [0.29, 0.717) is 28.4 Å². The van der Waals surface area contributed by atoms with E-state index >= 15 is 0 Å². The zero-order valence-electron chi connectivity index (χ0n) is 16.4. The lowest BCUT2D eigenvalue weighted by molar-refractivity contribution is 0.0600. The van der Waals surface area contributed by atoms with Crippen LogP contribution >= 0.6 is 0 Å². The van der Waals surface area contributed by atoms with Crippen molar-refractivity contribution in [1.29, 1.82) is 0 Å². The Morgan fingerprint density at radius 1 is 0.966 bits per heavy atom. The van der Waals surface area contributed by atoms with Crippen molar-refractivity contribution in [3.8, 4) is 5.75 Å². The van der Waals surface area contributed by atoms with Crippen LogP contribution in [0.3, 0.4) is 0 Å². The van der Waals surface area contributed by atoms with Crippen molar-refractivity contribution in [2.24, 2.45) is 0 Å². The maximum Gasteiger partial charge on any atom is 0.337 e. The quantitative estimate of drug-likeness (QED) is 0.613. The van der Waals surface area contributed by atoms with Gasteiger partial charge < -0.3 is 20.1 Å². The number of hydrogen-bond donors (Lipinski definition) is 2. The summed E-state index contributed by atoms with van der Waals surface area (Å²) in [6.45, 7) is 1.93. The molecule has 3 aromatic rings. The summed E-state index contributed by atoms with van der Waals surface area (Å²) in [7, 11) is 2.89. The van der Waals surface area contributed by atoms with E-state index in [9.17, 15) is 9.59 Å². The van der Waals surface area contributed by atoms with Crippen LogP contribution in [0.2, 0.25) is 0 Å². The summed E-state index contributed by atoms with van der Waals surface area (Å²) in [6.07, 6.45) is 1.55. The average Bonchev–Trinajstić information content (AvgIpc) is 2.74. The van der Waals surface area contributed by atoms with Gasteiger partial charge in [-0.1, -0.05) is 12.1 Å². The van der Waals surface area contributed by atoms with Crippen LogP contribution in [0.15, 0.2) is 60.8 Å². The Bertz CT molecular complexity index is 1030. The summed E-state index contributed by atoms with van der Waals surface area (Å²) in [6, 6.07) is 15.8. The molecule has 0 saturated heterocycles. The van der Waals surface area contributed by atoms with Crippen molar-refractivity contribution in [2.45, 2.75) is 6.92 Å². The standard InChI is InChI=1S/C22H21N3O4/c1-14-7-10-20(28-2)19(11-14)25-21(26)18-9-8-17(13-23-18)24-16-6-4-5-15(12-16)22(27)29-3/h4-13,24H,1-3H3,(H,25,26). The number of amides is 1. The number of aromatic nitrogens is 1. The number of benzene rings is 2. The number of carbonyl (C=O) groups is 2. The number of anilines is 3. The summed E-state index contributed by atoms with van der Waals surface area (Å²) in [5, 5.41) is 5.96. The van der Waals surface area contributed by atoms with Gasteiger partial charge >= 0.3 is 5.97 Å². The van der Waals surface area contributed by atoms with Crippen molar-refractivity contribution < 1.29 is 19.1 Å². The topological polar surface area (TPSA) is 89.5 Å². The van der Waals surface area contributed by atoms with Crippen molar-refractivity contribution in [2.75, 3.05) is 24.9 Å². The van der Waals surface area contributed by atoms with Crippen LogP contribution in [0.25, 0.3) is 0 Å². The summed E-state index contributed by atoms with van der Waals surface area (Å²) in [5.41, 5.74) is 3.67. The minimum Gasteiger partial charge on any atom is -0.495 e. The van der Waals surface area contributed by atoms with Gasteiger partial charge in [-0.25, -0.2) is 9.78 Å². The first-order valence-electron chi connectivity index (χ1n) is 8.87. The van der Waals surface area contributed by atoms with E-state index in [1.165, 1.54) is 7.11 Å². The molecule has 29 heavy (non-hydrogen) atoms. The fourth-order valence-electron chi connectivity index (χ4n) is 2.72. The van der Waals surface area contributed by atoms with Gasteiger partial charge in [0.2, 0.25) is 0 Å². The molecule has 0 fully saturated rings. The maximum absolute atomic E-state index is 12.5. The van der Waals surface area contributed by atoms with Gasteiger partial charge in [0.05, 0.1) is 37.4 Å². The number of carbonyl (C=O) groups excluding carboxylic acids is 2. The number of aryl methyl sites for hydroxylation is 1. The first-order valence-corrected chi connectivity index (χ1v) is 8.87. The third-order valence-electron chi connectivity index (χ3n) is 4.17. The lowest BCUT2D eigenvalue weighted by Gasteiger charge is -2.11. The highest BCUT2D eigenvalue weighted by Gasteiger charge is 2.12. The molecule has 7 heteroatoms. The normalized spacial score (nSPS) is 10.2. The Labute approximate surface area is 168 Å². The number of methoxy groups -OCH3 is 2. The molecule has 0 radical (unpaired) electrons. The number of esters is 1. The largest absolute Gasteiger partial charge is 0.495 e. The lowest BCUT2D eigenvalue weighted by atomic mass is 10.2. The lowest BCUT2D eigenvalue weighted by Crippen LogP contribution is -2.14. The van der Waals surface area contributed by atoms with Crippen LogP contribution in [0.4, 0.5) is 17.1 Å². The van der Waals surface area contributed by atoms with Gasteiger partial charge in [0.1, 0.15) is 11.4 Å².